The molecule has 1 saturated heterocycles. The number of hydrogen-bond acceptors (Lipinski definition) is 4. The molecule has 1 fully saturated rings. The first-order chi connectivity index (χ1) is 16.7. The maximum absolute atomic E-state index is 12.7. The molecule has 34 heavy (non-hydrogen) atoms. The lowest BCUT2D eigenvalue weighted by Crippen LogP contribution is -2.31. The first-order valence-corrected chi connectivity index (χ1v) is 11.7. The number of anilines is 1. The Morgan fingerprint density at radius 1 is 0.912 bits per heavy atom. The number of urea groups is 1. The van der Waals surface area contributed by atoms with Gasteiger partial charge < -0.3 is 20.3 Å². The Morgan fingerprint density at radius 3 is 2.44 bits per heavy atom. The molecule has 1 aliphatic rings. The first kappa shape index (κ1) is 23.3. The number of pyridine rings is 1. The van der Waals surface area contributed by atoms with E-state index in [1.54, 1.807) is 30.5 Å². The molecule has 0 bridgehead atoms. The van der Waals surface area contributed by atoms with Crippen molar-refractivity contribution in [1.82, 2.24) is 15.2 Å². The topological polar surface area (TPSA) is 83.6 Å². The van der Waals surface area contributed by atoms with Crippen molar-refractivity contribution in [2.45, 2.75) is 38.8 Å². The van der Waals surface area contributed by atoms with Crippen molar-refractivity contribution in [2.24, 2.45) is 0 Å². The van der Waals surface area contributed by atoms with E-state index < -0.39 is 0 Å². The molecule has 1 aliphatic heterocycles. The molecule has 2 N–H and O–H groups in total. The van der Waals surface area contributed by atoms with Crippen LogP contribution in [0.2, 0.25) is 0 Å². The van der Waals surface area contributed by atoms with Gasteiger partial charge >= 0.3 is 6.03 Å². The van der Waals surface area contributed by atoms with Gasteiger partial charge in [0, 0.05) is 37.1 Å². The highest BCUT2D eigenvalue weighted by atomic mass is 16.5. The maximum atomic E-state index is 12.7. The van der Waals surface area contributed by atoms with Crippen molar-refractivity contribution in [3.8, 4) is 5.75 Å². The summed E-state index contributed by atoms with van der Waals surface area (Å²) in [6.45, 7) is 2.37. The van der Waals surface area contributed by atoms with Crippen molar-refractivity contribution in [1.29, 1.82) is 0 Å². The molecule has 4 rings (SSSR count). The van der Waals surface area contributed by atoms with E-state index >= 15 is 0 Å². The van der Waals surface area contributed by atoms with E-state index in [1.807, 2.05) is 47.4 Å². The van der Waals surface area contributed by atoms with Gasteiger partial charge in [0.2, 0.25) is 0 Å². The third-order valence-electron chi connectivity index (χ3n) is 5.75. The molecule has 1 aromatic heterocycles. The number of hydrogen-bond donors (Lipinski definition) is 2. The Balaban J connectivity index is 1.25. The second-order valence-electron chi connectivity index (χ2n) is 8.35. The van der Waals surface area contributed by atoms with Gasteiger partial charge in [-0.2, -0.15) is 0 Å². The summed E-state index contributed by atoms with van der Waals surface area (Å²) >= 11 is 0. The van der Waals surface area contributed by atoms with Crippen LogP contribution in [-0.4, -0.2) is 34.9 Å². The molecule has 176 valence electrons. The van der Waals surface area contributed by atoms with Crippen LogP contribution in [0, 0.1) is 0 Å². The lowest BCUT2D eigenvalue weighted by molar-refractivity contribution is 0.0761. The molecule has 0 unspecified atom stereocenters. The van der Waals surface area contributed by atoms with E-state index in [4.69, 9.17) is 4.74 Å². The second-order valence-corrected chi connectivity index (χ2v) is 8.35. The van der Waals surface area contributed by atoms with Crippen LogP contribution in [0.15, 0.2) is 72.9 Å². The van der Waals surface area contributed by atoms with Crippen LogP contribution in [0.25, 0.3) is 0 Å². The van der Waals surface area contributed by atoms with Crippen molar-refractivity contribution in [3.05, 3.63) is 89.7 Å². The average molecular weight is 459 g/mol. The summed E-state index contributed by atoms with van der Waals surface area (Å²) in [6.07, 6.45) is 6.23. The number of likely N-dealkylation sites (tertiary alicyclic amines) is 1. The Labute approximate surface area is 200 Å². The Morgan fingerprint density at radius 2 is 1.71 bits per heavy atom. The van der Waals surface area contributed by atoms with E-state index in [0.29, 0.717) is 24.4 Å². The lowest BCUT2D eigenvalue weighted by atomic mass is 10.1. The molecule has 7 nitrogen and oxygen atoms in total. The fourth-order valence-electron chi connectivity index (χ4n) is 3.90. The molecule has 3 aromatic rings. The van der Waals surface area contributed by atoms with Gasteiger partial charge in [0.05, 0.1) is 5.69 Å². The number of amides is 3. The number of carbonyl (C=O) groups is 2. The molecular weight excluding hydrogens is 428 g/mol. The second kappa shape index (κ2) is 11.8. The van der Waals surface area contributed by atoms with E-state index in [0.717, 1.165) is 42.9 Å². The molecule has 0 spiro atoms. The van der Waals surface area contributed by atoms with Crippen LogP contribution in [-0.2, 0) is 13.2 Å². The zero-order chi connectivity index (χ0) is 23.6. The van der Waals surface area contributed by atoms with Crippen molar-refractivity contribution in [3.63, 3.8) is 0 Å². The van der Waals surface area contributed by atoms with Crippen LogP contribution < -0.4 is 15.4 Å². The van der Waals surface area contributed by atoms with E-state index in [-0.39, 0.29) is 11.9 Å². The molecule has 0 aliphatic carbocycles. The number of nitrogens with zero attached hydrogens (tertiary/aromatic N) is 2. The van der Waals surface area contributed by atoms with Crippen LogP contribution in [0.5, 0.6) is 5.75 Å². The third kappa shape index (κ3) is 6.81. The molecule has 0 atom stereocenters. The van der Waals surface area contributed by atoms with Crippen molar-refractivity contribution in [2.75, 3.05) is 18.4 Å². The first-order valence-electron chi connectivity index (χ1n) is 11.7. The lowest BCUT2D eigenvalue weighted by Gasteiger charge is -2.20. The van der Waals surface area contributed by atoms with Crippen molar-refractivity contribution < 1.29 is 14.3 Å². The molecule has 2 aromatic carbocycles. The average Bonchev–Trinajstić information content (AvgIpc) is 3.17. The summed E-state index contributed by atoms with van der Waals surface area (Å²) in [6, 6.07) is 20.0. The number of ether oxygens (including phenoxy) is 1. The monoisotopic (exact) mass is 458 g/mol. The summed E-state index contributed by atoms with van der Waals surface area (Å²) in [4.78, 5) is 31.2. The fraction of sp³-hybridized carbons (Fsp3) is 0.296. The predicted octanol–water partition coefficient (Wildman–Crippen LogP) is 5.00. The largest absolute Gasteiger partial charge is 0.487 e. The molecular formula is C27H30N4O3. The molecule has 7 heteroatoms. The Bertz CT molecular complexity index is 1080. The molecule has 0 saturated carbocycles. The van der Waals surface area contributed by atoms with Gasteiger partial charge in [-0.15, -0.1) is 0 Å². The van der Waals surface area contributed by atoms with Crippen LogP contribution in [0.1, 0.15) is 47.3 Å². The summed E-state index contributed by atoms with van der Waals surface area (Å²) < 4.78 is 5.79. The standard InChI is InChI=1S/C27H30N4O3/c32-26(31-16-5-1-2-6-17-31)22-11-13-23(14-12-22)30-27(33)29-19-21-8-7-10-25(18-21)34-20-24-9-3-4-15-28-24/h3-4,7-15,18H,1-2,5-6,16-17,19-20H2,(H2,29,30,33). The van der Waals surface area contributed by atoms with Gasteiger partial charge in [-0.3, -0.25) is 9.78 Å². The van der Waals surface area contributed by atoms with Crippen LogP contribution in [0.4, 0.5) is 10.5 Å². The zero-order valence-electron chi connectivity index (χ0n) is 19.2. The SMILES string of the molecule is O=C(NCc1cccc(OCc2ccccn2)c1)Nc1ccc(C(=O)N2CCCCCC2)cc1. The zero-order valence-corrected chi connectivity index (χ0v) is 19.2. The van der Waals surface area contributed by atoms with E-state index in [9.17, 15) is 9.59 Å². The number of benzene rings is 2. The maximum Gasteiger partial charge on any atom is 0.319 e. The van der Waals surface area contributed by atoms with Gasteiger partial charge in [-0.25, -0.2) is 4.79 Å². The Hall–Kier alpha value is -3.87. The summed E-state index contributed by atoms with van der Waals surface area (Å²) in [7, 11) is 0. The van der Waals surface area contributed by atoms with E-state index in [2.05, 4.69) is 15.6 Å². The fourth-order valence-corrected chi connectivity index (χ4v) is 3.90. The van der Waals surface area contributed by atoms with E-state index in [1.165, 1.54) is 12.8 Å². The van der Waals surface area contributed by atoms with Gasteiger partial charge in [-0.1, -0.05) is 31.0 Å². The summed E-state index contributed by atoms with van der Waals surface area (Å²) in [5.74, 6) is 0.776. The van der Waals surface area contributed by atoms with Crippen LogP contribution in [0.3, 0.4) is 0 Å². The molecule has 0 radical (unpaired) electrons. The normalized spacial score (nSPS) is 13.6. The minimum atomic E-state index is -0.314. The highest BCUT2D eigenvalue weighted by molar-refractivity contribution is 5.95. The Kier molecular flexibility index (Phi) is 8.11. The quantitative estimate of drug-likeness (QED) is 0.522. The molecule has 2 heterocycles. The van der Waals surface area contributed by atoms with Crippen LogP contribution >= 0.6 is 0 Å². The number of carbonyl (C=O) groups excluding carboxylic acids is 2. The number of aromatic nitrogens is 1. The van der Waals surface area contributed by atoms with Gasteiger partial charge in [-0.05, 0) is 66.9 Å². The highest BCUT2D eigenvalue weighted by Crippen LogP contribution is 2.17. The van der Waals surface area contributed by atoms with Gasteiger partial charge in [0.15, 0.2) is 0 Å². The highest BCUT2D eigenvalue weighted by Gasteiger charge is 2.17. The minimum absolute atomic E-state index is 0.0584. The third-order valence-corrected chi connectivity index (χ3v) is 5.75. The molecule has 3 amide bonds. The summed E-state index contributed by atoms with van der Waals surface area (Å²) in [5, 5.41) is 5.67. The minimum Gasteiger partial charge on any atom is -0.487 e. The smallest absolute Gasteiger partial charge is 0.319 e. The predicted molar refractivity (Wildman–Crippen MR) is 132 cm³/mol. The van der Waals surface area contributed by atoms with Gasteiger partial charge in [0.25, 0.3) is 5.91 Å². The van der Waals surface area contributed by atoms with Crippen molar-refractivity contribution >= 4 is 17.6 Å². The number of rotatable bonds is 7. The van der Waals surface area contributed by atoms with Gasteiger partial charge in [0.1, 0.15) is 12.4 Å². The number of nitrogens with one attached hydrogen (secondary N) is 2. The summed E-state index contributed by atoms with van der Waals surface area (Å²) in [5.41, 5.74) is 3.06.